The third-order valence-corrected chi connectivity index (χ3v) is 4.17. The molecular weight excluding hydrogens is 302 g/mol. The van der Waals surface area contributed by atoms with E-state index in [0.717, 1.165) is 30.6 Å². The number of carbonyl (C=O) groups is 1. The van der Waals surface area contributed by atoms with Crippen LogP contribution in [0, 0.1) is 0 Å². The van der Waals surface area contributed by atoms with E-state index in [1.807, 2.05) is 42.5 Å². The van der Waals surface area contributed by atoms with E-state index in [-0.39, 0.29) is 12.0 Å². The highest BCUT2D eigenvalue weighted by Crippen LogP contribution is 2.22. The van der Waals surface area contributed by atoms with Gasteiger partial charge in [0.1, 0.15) is 5.75 Å². The van der Waals surface area contributed by atoms with Gasteiger partial charge >= 0.3 is 0 Å². The highest BCUT2D eigenvalue weighted by atomic mass is 16.5. The van der Waals surface area contributed by atoms with Crippen LogP contribution in [0.5, 0.6) is 5.75 Å². The lowest BCUT2D eigenvalue weighted by molar-refractivity contribution is -0.127. The summed E-state index contributed by atoms with van der Waals surface area (Å²) in [7, 11) is 0. The van der Waals surface area contributed by atoms with E-state index in [1.54, 1.807) is 6.92 Å². The fourth-order valence-corrected chi connectivity index (χ4v) is 2.78. The molecule has 0 aliphatic carbocycles. The molecule has 0 radical (unpaired) electrons. The highest BCUT2D eigenvalue weighted by Gasteiger charge is 2.19. The molecule has 1 saturated heterocycles. The number of nitrogens with one attached hydrogen (secondary N) is 1. The van der Waals surface area contributed by atoms with Gasteiger partial charge in [-0.05, 0) is 43.0 Å². The maximum absolute atomic E-state index is 12.1. The van der Waals surface area contributed by atoms with Gasteiger partial charge in [-0.1, -0.05) is 42.5 Å². The zero-order chi connectivity index (χ0) is 16.8. The number of amides is 1. The number of benzene rings is 2. The van der Waals surface area contributed by atoms with Gasteiger partial charge in [0, 0.05) is 13.2 Å². The minimum atomic E-state index is -0.533. The molecule has 1 heterocycles. The second-order valence-corrected chi connectivity index (χ2v) is 6.03. The maximum Gasteiger partial charge on any atom is 0.260 e. The second kappa shape index (κ2) is 7.97. The lowest BCUT2D eigenvalue weighted by Gasteiger charge is -2.16. The lowest BCUT2D eigenvalue weighted by atomic mass is 10.1. The van der Waals surface area contributed by atoms with E-state index in [1.165, 1.54) is 0 Å². The van der Waals surface area contributed by atoms with Gasteiger partial charge in [-0.3, -0.25) is 4.79 Å². The second-order valence-electron chi connectivity index (χ2n) is 6.03. The largest absolute Gasteiger partial charge is 0.481 e. The van der Waals surface area contributed by atoms with E-state index in [4.69, 9.17) is 9.47 Å². The molecule has 0 spiro atoms. The third-order valence-electron chi connectivity index (χ3n) is 4.17. The zero-order valence-electron chi connectivity index (χ0n) is 13.9. The van der Waals surface area contributed by atoms with Crippen LogP contribution in [-0.4, -0.2) is 31.3 Å². The Bertz CT molecular complexity index is 648. The van der Waals surface area contributed by atoms with Gasteiger partial charge in [0.25, 0.3) is 5.91 Å². The molecule has 0 unspecified atom stereocenters. The van der Waals surface area contributed by atoms with Crippen LogP contribution in [-0.2, 0) is 9.53 Å². The number of hydrogen-bond acceptors (Lipinski definition) is 3. The summed E-state index contributed by atoms with van der Waals surface area (Å²) in [5.74, 6) is 0.576. The molecule has 1 aliphatic rings. The Morgan fingerprint density at radius 3 is 2.54 bits per heavy atom. The average Bonchev–Trinajstić information content (AvgIpc) is 3.14. The van der Waals surface area contributed by atoms with Crippen molar-refractivity contribution in [2.45, 2.75) is 32.0 Å². The number of ether oxygens (including phenoxy) is 2. The standard InChI is InChI=1S/C20H23NO3/c1-15(20(22)21-14-19-8-5-13-23-19)24-18-11-9-17(10-12-18)16-6-3-2-4-7-16/h2-4,6-7,9-12,15,19H,5,8,13-14H2,1H3,(H,21,22)/t15-,19-/m1/s1. The van der Waals surface area contributed by atoms with Gasteiger partial charge in [-0.25, -0.2) is 0 Å². The molecule has 2 aromatic rings. The Morgan fingerprint density at radius 2 is 1.88 bits per heavy atom. The van der Waals surface area contributed by atoms with Crippen LogP contribution in [0.25, 0.3) is 11.1 Å². The molecule has 126 valence electrons. The number of hydrogen-bond donors (Lipinski definition) is 1. The fourth-order valence-electron chi connectivity index (χ4n) is 2.78. The van der Waals surface area contributed by atoms with Crippen molar-refractivity contribution < 1.29 is 14.3 Å². The number of carbonyl (C=O) groups excluding carboxylic acids is 1. The molecule has 4 nitrogen and oxygen atoms in total. The highest BCUT2D eigenvalue weighted by molar-refractivity contribution is 5.80. The van der Waals surface area contributed by atoms with Gasteiger partial charge in [-0.2, -0.15) is 0 Å². The summed E-state index contributed by atoms with van der Waals surface area (Å²) >= 11 is 0. The van der Waals surface area contributed by atoms with Gasteiger partial charge in [-0.15, -0.1) is 0 Å². The molecule has 1 N–H and O–H groups in total. The number of rotatable bonds is 6. The molecule has 0 saturated carbocycles. The molecule has 3 rings (SSSR count). The quantitative estimate of drug-likeness (QED) is 0.885. The van der Waals surface area contributed by atoms with E-state index >= 15 is 0 Å². The monoisotopic (exact) mass is 325 g/mol. The van der Waals surface area contributed by atoms with Crippen molar-refractivity contribution in [2.24, 2.45) is 0 Å². The molecule has 1 amide bonds. The predicted molar refractivity (Wildman–Crippen MR) is 94.0 cm³/mol. The van der Waals surface area contributed by atoms with Crippen molar-refractivity contribution in [2.75, 3.05) is 13.2 Å². The minimum absolute atomic E-state index is 0.113. The fraction of sp³-hybridized carbons (Fsp3) is 0.350. The van der Waals surface area contributed by atoms with Gasteiger partial charge in [0.2, 0.25) is 0 Å². The van der Waals surface area contributed by atoms with Crippen LogP contribution < -0.4 is 10.1 Å². The maximum atomic E-state index is 12.1. The predicted octanol–water partition coefficient (Wildman–Crippen LogP) is 3.42. The summed E-state index contributed by atoms with van der Waals surface area (Å²) in [4.78, 5) is 12.1. The van der Waals surface area contributed by atoms with Crippen LogP contribution in [0.3, 0.4) is 0 Å². The SMILES string of the molecule is C[C@@H](Oc1ccc(-c2ccccc2)cc1)C(=O)NC[C@H]1CCCO1. The summed E-state index contributed by atoms with van der Waals surface area (Å²) < 4.78 is 11.2. The summed E-state index contributed by atoms with van der Waals surface area (Å²) in [5.41, 5.74) is 2.28. The molecule has 2 aromatic carbocycles. The Morgan fingerprint density at radius 1 is 1.17 bits per heavy atom. The minimum Gasteiger partial charge on any atom is -0.481 e. The molecule has 0 bridgehead atoms. The first-order chi connectivity index (χ1) is 11.7. The first-order valence-corrected chi connectivity index (χ1v) is 8.44. The lowest BCUT2D eigenvalue weighted by Crippen LogP contribution is -2.40. The first kappa shape index (κ1) is 16.5. The smallest absolute Gasteiger partial charge is 0.260 e. The Balaban J connectivity index is 1.52. The summed E-state index contributed by atoms with van der Waals surface area (Å²) in [6, 6.07) is 18.0. The van der Waals surface area contributed by atoms with E-state index in [9.17, 15) is 4.79 Å². The van der Waals surface area contributed by atoms with E-state index in [2.05, 4.69) is 17.4 Å². The van der Waals surface area contributed by atoms with Crippen molar-refractivity contribution in [3.8, 4) is 16.9 Å². The third kappa shape index (κ3) is 4.36. The van der Waals surface area contributed by atoms with Crippen molar-refractivity contribution in [1.29, 1.82) is 0 Å². The molecular formula is C20H23NO3. The van der Waals surface area contributed by atoms with E-state index in [0.29, 0.717) is 12.3 Å². The van der Waals surface area contributed by atoms with Crippen LogP contribution >= 0.6 is 0 Å². The van der Waals surface area contributed by atoms with Crippen molar-refractivity contribution >= 4 is 5.91 Å². The molecule has 2 atom stereocenters. The Labute approximate surface area is 142 Å². The van der Waals surface area contributed by atoms with Crippen LogP contribution in [0.4, 0.5) is 0 Å². The molecule has 1 fully saturated rings. The van der Waals surface area contributed by atoms with Gasteiger partial charge in [0.15, 0.2) is 6.10 Å². The average molecular weight is 325 g/mol. The topological polar surface area (TPSA) is 47.6 Å². The van der Waals surface area contributed by atoms with Gasteiger partial charge in [0.05, 0.1) is 6.10 Å². The first-order valence-electron chi connectivity index (χ1n) is 8.44. The molecule has 4 heteroatoms. The zero-order valence-corrected chi connectivity index (χ0v) is 13.9. The molecule has 24 heavy (non-hydrogen) atoms. The molecule has 1 aliphatic heterocycles. The van der Waals surface area contributed by atoms with Crippen molar-refractivity contribution in [3.63, 3.8) is 0 Å². The van der Waals surface area contributed by atoms with Crippen LogP contribution in [0.1, 0.15) is 19.8 Å². The Hall–Kier alpha value is -2.33. The van der Waals surface area contributed by atoms with E-state index < -0.39 is 6.10 Å². The summed E-state index contributed by atoms with van der Waals surface area (Å²) in [5, 5.41) is 2.89. The Kier molecular flexibility index (Phi) is 5.49. The molecule has 0 aromatic heterocycles. The normalized spacial score (nSPS) is 18.1. The van der Waals surface area contributed by atoms with Crippen LogP contribution in [0.15, 0.2) is 54.6 Å². The van der Waals surface area contributed by atoms with Crippen molar-refractivity contribution in [3.05, 3.63) is 54.6 Å². The summed E-state index contributed by atoms with van der Waals surface area (Å²) in [6.45, 7) is 3.11. The summed E-state index contributed by atoms with van der Waals surface area (Å²) in [6.07, 6.45) is 1.69. The van der Waals surface area contributed by atoms with Crippen LogP contribution in [0.2, 0.25) is 0 Å². The van der Waals surface area contributed by atoms with Crippen molar-refractivity contribution in [1.82, 2.24) is 5.32 Å². The van der Waals surface area contributed by atoms with Gasteiger partial charge < -0.3 is 14.8 Å².